The van der Waals surface area contributed by atoms with Crippen molar-refractivity contribution in [3.8, 4) is 0 Å². The van der Waals surface area contributed by atoms with Crippen LogP contribution in [0.2, 0.25) is 0 Å². The second-order valence-corrected chi connectivity index (χ2v) is 6.81. The van der Waals surface area contributed by atoms with Crippen molar-refractivity contribution >= 4 is 5.91 Å². The van der Waals surface area contributed by atoms with Crippen LogP contribution in [-0.4, -0.2) is 38.7 Å². The van der Waals surface area contributed by atoms with Crippen molar-refractivity contribution in [2.75, 3.05) is 13.1 Å². The van der Waals surface area contributed by atoms with Gasteiger partial charge in [0.15, 0.2) is 0 Å². The Bertz CT molecular complexity index is 782. The Hall–Kier alpha value is -2.37. The maximum Gasteiger partial charge on any atom is 0.343 e. The molecule has 1 saturated carbocycles. The first kappa shape index (κ1) is 15.2. The van der Waals surface area contributed by atoms with Crippen LogP contribution >= 0.6 is 0 Å². The summed E-state index contributed by atoms with van der Waals surface area (Å²) >= 11 is 0. The standard InChI is InChI=1S/C18H22N4O2/c23-17(16-7-2-1-6-15(16)13-4-3-5-13)21-10-8-14(9-11-21)22-12-19-20-18(22)24/h1-2,6-7,12-14H,3-5,8-11H2,(H,20,24). The normalized spacial score (nSPS) is 19.2. The van der Waals surface area contributed by atoms with Gasteiger partial charge in [-0.15, -0.1) is 0 Å². The summed E-state index contributed by atoms with van der Waals surface area (Å²) in [6, 6.07) is 8.18. The number of H-pyrrole nitrogens is 1. The van der Waals surface area contributed by atoms with Crippen molar-refractivity contribution in [2.45, 2.75) is 44.1 Å². The van der Waals surface area contributed by atoms with Crippen molar-refractivity contribution in [1.29, 1.82) is 0 Å². The van der Waals surface area contributed by atoms with E-state index in [1.165, 1.54) is 24.8 Å². The van der Waals surface area contributed by atoms with E-state index in [1.807, 2.05) is 23.1 Å². The summed E-state index contributed by atoms with van der Waals surface area (Å²) in [5, 5.41) is 6.23. The van der Waals surface area contributed by atoms with Gasteiger partial charge in [0.25, 0.3) is 5.91 Å². The first-order chi connectivity index (χ1) is 11.7. The molecule has 0 bridgehead atoms. The lowest BCUT2D eigenvalue weighted by molar-refractivity contribution is 0.0691. The highest BCUT2D eigenvalue weighted by Crippen LogP contribution is 2.38. The van der Waals surface area contributed by atoms with Crippen LogP contribution in [0, 0.1) is 0 Å². The molecule has 24 heavy (non-hydrogen) atoms. The molecule has 6 heteroatoms. The van der Waals surface area contributed by atoms with E-state index in [2.05, 4.69) is 16.3 Å². The molecule has 2 heterocycles. The first-order valence-electron chi connectivity index (χ1n) is 8.74. The molecule has 0 atom stereocenters. The SMILES string of the molecule is O=C(c1ccccc1C1CCC1)N1CCC(n2cn[nH]c2=O)CC1. The molecule has 2 aliphatic rings. The predicted molar refractivity (Wildman–Crippen MR) is 90.1 cm³/mol. The molecule has 1 saturated heterocycles. The Kier molecular flexibility index (Phi) is 3.96. The molecule has 126 valence electrons. The minimum Gasteiger partial charge on any atom is -0.338 e. The summed E-state index contributed by atoms with van der Waals surface area (Å²) in [5.74, 6) is 0.683. The number of aromatic amines is 1. The lowest BCUT2D eigenvalue weighted by Crippen LogP contribution is -2.40. The van der Waals surface area contributed by atoms with Gasteiger partial charge in [-0.05, 0) is 43.2 Å². The number of hydrogen-bond donors (Lipinski definition) is 1. The van der Waals surface area contributed by atoms with Gasteiger partial charge in [0.1, 0.15) is 6.33 Å². The second-order valence-electron chi connectivity index (χ2n) is 6.81. The number of hydrogen-bond acceptors (Lipinski definition) is 3. The minimum absolute atomic E-state index is 0.127. The zero-order valence-electron chi connectivity index (χ0n) is 13.6. The van der Waals surface area contributed by atoms with Gasteiger partial charge in [-0.1, -0.05) is 24.6 Å². The highest BCUT2D eigenvalue weighted by molar-refractivity contribution is 5.96. The third-order valence-corrected chi connectivity index (χ3v) is 5.46. The number of piperidine rings is 1. The molecular weight excluding hydrogens is 304 g/mol. The number of carbonyl (C=O) groups is 1. The number of nitrogens with zero attached hydrogens (tertiary/aromatic N) is 3. The van der Waals surface area contributed by atoms with Crippen LogP contribution in [0.25, 0.3) is 0 Å². The van der Waals surface area contributed by atoms with Crippen LogP contribution < -0.4 is 5.69 Å². The fourth-order valence-electron chi connectivity index (χ4n) is 3.80. The summed E-state index contributed by atoms with van der Waals surface area (Å²) in [6.45, 7) is 1.36. The summed E-state index contributed by atoms with van der Waals surface area (Å²) in [7, 11) is 0. The zero-order valence-corrected chi connectivity index (χ0v) is 13.6. The fraction of sp³-hybridized carbons (Fsp3) is 0.500. The van der Waals surface area contributed by atoms with Crippen LogP contribution in [0.4, 0.5) is 0 Å². The van der Waals surface area contributed by atoms with Crippen LogP contribution in [0.3, 0.4) is 0 Å². The van der Waals surface area contributed by atoms with Gasteiger partial charge < -0.3 is 4.90 Å². The van der Waals surface area contributed by atoms with Crippen molar-refractivity contribution in [3.63, 3.8) is 0 Å². The molecule has 0 unspecified atom stereocenters. The number of benzene rings is 1. The Labute approximate surface area is 140 Å². The van der Waals surface area contributed by atoms with Crippen molar-refractivity contribution < 1.29 is 4.79 Å². The molecule has 2 aromatic rings. The topological polar surface area (TPSA) is 71.0 Å². The van der Waals surface area contributed by atoms with Gasteiger partial charge in [0.2, 0.25) is 0 Å². The maximum atomic E-state index is 13.0. The molecular formula is C18H22N4O2. The molecule has 1 N–H and O–H groups in total. The van der Waals surface area contributed by atoms with Crippen LogP contribution in [-0.2, 0) is 0 Å². The molecule has 6 nitrogen and oxygen atoms in total. The molecule has 1 aliphatic heterocycles. The minimum atomic E-state index is -0.171. The highest BCUT2D eigenvalue weighted by atomic mass is 16.2. The third kappa shape index (κ3) is 2.66. The molecule has 2 fully saturated rings. The van der Waals surface area contributed by atoms with Crippen LogP contribution in [0.15, 0.2) is 35.4 Å². The predicted octanol–water partition coefficient (Wildman–Crippen LogP) is 2.32. The van der Waals surface area contributed by atoms with Crippen LogP contribution in [0.1, 0.15) is 60.0 Å². The first-order valence-corrected chi connectivity index (χ1v) is 8.74. The maximum absolute atomic E-state index is 13.0. The third-order valence-electron chi connectivity index (χ3n) is 5.46. The van der Waals surface area contributed by atoms with E-state index in [-0.39, 0.29) is 17.6 Å². The molecule has 1 aromatic carbocycles. The van der Waals surface area contributed by atoms with Gasteiger partial charge in [-0.25, -0.2) is 9.89 Å². The fourth-order valence-corrected chi connectivity index (χ4v) is 3.80. The van der Waals surface area contributed by atoms with Gasteiger partial charge in [0.05, 0.1) is 0 Å². The smallest absolute Gasteiger partial charge is 0.338 e. The van der Waals surface area contributed by atoms with Crippen LogP contribution in [0.5, 0.6) is 0 Å². The quantitative estimate of drug-likeness (QED) is 0.941. The Morgan fingerprint density at radius 1 is 1.12 bits per heavy atom. The summed E-state index contributed by atoms with van der Waals surface area (Å²) in [6.07, 6.45) is 6.77. The summed E-state index contributed by atoms with van der Waals surface area (Å²) < 4.78 is 1.64. The van der Waals surface area contributed by atoms with E-state index in [0.717, 1.165) is 18.4 Å². The van der Waals surface area contributed by atoms with E-state index >= 15 is 0 Å². The Balaban J connectivity index is 1.47. The summed E-state index contributed by atoms with van der Waals surface area (Å²) in [4.78, 5) is 26.6. The molecule has 0 radical (unpaired) electrons. The van der Waals surface area contributed by atoms with Gasteiger partial charge >= 0.3 is 5.69 Å². The Morgan fingerprint density at radius 3 is 2.50 bits per heavy atom. The molecule has 1 aliphatic carbocycles. The number of carbonyl (C=O) groups excluding carboxylic acids is 1. The largest absolute Gasteiger partial charge is 0.343 e. The van der Waals surface area contributed by atoms with E-state index in [9.17, 15) is 9.59 Å². The molecule has 1 aromatic heterocycles. The monoisotopic (exact) mass is 326 g/mol. The van der Waals surface area contributed by atoms with E-state index in [1.54, 1.807) is 10.9 Å². The zero-order chi connectivity index (χ0) is 16.5. The van der Waals surface area contributed by atoms with E-state index in [4.69, 9.17) is 0 Å². The number of amides is 1. The Morgan fingerprint density at radius 2 is 1.88 bits per heavy atom. The highest BCUT2D eigenvalue weighted by Gasteiger charge is 2.29. The average molecular weight is 326 g/mol. The van der Waals surface area contributed by atoms with Crippen molar-refractivity contribution in [3.05, 3.63) is 52.2 Å². The lowest BCUT2D eigenvalue weighted by atomic mass is 9.78. The second kappa shape index (κ2) is 6.26. The van der Waals surface area contributed by atoms with Gasteiger partial charge in [0, 0.05) is 24.7 Å². The number of aromatic nitrogens is 3. The average Bonchev–Trinajstić information content (AvgIpc) is 2.99. The summed E-state index contributed by atoms with van der Waals surface area (Å²) in [5.41, 5.74) is 1.90. The molecule has 1 amide bonds. The molecule has 0 spiro atoms. The van der Waals surface area contributed by atoms with E-state index < -0.39 is 0 Å². The number of nitrogens with one attached hydrogen (secondary N) is 1. The van der Waals surface area contributed by atoms with Gasteiger partial charge in [-0.3, -0.25) is 9.36 Å². The number of likely N-dealkylation sites (tertiary alicyclic amines) is 1. The number of rotatable bonds is 3. The lowest BCUT2D eigenvalue weighted by Gasteiger charge is -2.34. The van der Waals surface area contributed by atoms with E-state index in [0.29, 0.717) is 19.0 Å². The van der Waals surface area contributed by atoms with Crippen molar-refractivity contribution in [1.82, 2.24) is 19.7 Å². The van der Waals surface area contributed by atoms with Crippen molar-refractivity contribution in [2.24, 2.45) is 0 Å². The van der Waals surface area contributed by atoms with Gasteiger partial charge in [-0.2, -0.15) is 5.10 Å². The molecule has 4 rings (SSSR count).